The molecule has 1 saturated carbocycles. The fraction of sp³-hybridized carbons (Fsp3) is 0.308. The summed E-state index contributed by atoms with van der Waals surface area (Å²) in [7, 11) is 0. The zero-order valence-electron chi connectivity index (χ0n) is 18.7. The number of rotatable bonds is 5. The van der Waals surface area contributed by atoms with Crippen LogP contribution in [0.25, 0.3) is 10.9 Å². The molecular formula is C26H23F3N4OOs. The molecule has 0 saturated heterocycles. The average Bonchev–Trinajstić information content (AvgIpc) is 3.03. The van der Waals surface area contributed by atoms with Gasteiger partial charge in [0.1, 0.15) is 0 Å². The number of nitrogens with one attached hydrogen (secondary N) is 2. The molecule has 0 spiro atoms. The number of alkyl halides is 3. The normalized spacial score (nSPS) is 18.5. The van der Waals surface area contributed by atoms with Crippen molar-refractivity contribution in [3.8, 4) is 6.07 Å². The van der Waals surface area contributed by atoms with E-state index in [2.05, 4.69) is 15.6 Å². The number of hydrogen-bond acceptors (Lipinski definition) is 4. The number of amides is 1. The monoisotopic (exact) mass is 656 g/mol. The summed E-state index contributed by atoms with van der Waals surface area (Å²) in [6.45, 7) is 0.540. The SMILES string of the molecule is N#Cc1ccc(C(=O)N[C@H]2CC[C@@H](CNc3cc(C(F)(F)F)nc4ccccc34)CC[C]2=[Os])cc1. The van der Waals surface area contributed by atoms with Crippen LogP contribution >= 0.6 is 0 Å². The predicted octanol–water partition coefficient (Wildman–Crippen LogP) is 5.25. The van der Waals surface area contributed by atoms with Gasteiger partial charge in [0, 0.05) is 0 Å². The van der Waals surface area contributed by atoms with Gasteiger partial charge in [-0.15, -0.1) is 0 Å². The number of carbonyl (C=O) groups is 1. The van der Waals surface area contributed by atoms with Crippen LogP contribution in [0.5, 0.6) is 0 Å². The van der Waals surface area contributed by atoms with Gasteiger partial charge in [0.25, 0.3) is 0 Å². The molecule has 2 atom stereocenters. The molecule has 0 unspecified atom stereocenters. The van der Waals surface area contributed by atoms with Gasteiger partial charge in [-0.25, -0.2) is 0 Å². The maximum absolute atomic E-state index is 13.4. The van der Waals surface area contributed by atoms with Gasteiger partial charge in [-0.3, -0.25) is 0 Å². The van der Waals surface area contributed by atoms with Crippen LogP contribution in [0.2, 0.25) is 0 Å². The Labute approximate surface area is 211 Å². The number of carbonyl (C=O) groups excluding carboxylic acids is 1. The van der Waals surface area contributed by atoms with E-state index < -0.39 is 11.9 Å². The van der Waals surface area contributed by atoms with Crippen molar-refractivity contribution in [2.75, 3.05) is 11.9 Å². The van der Waals surface area contributed by atoms with Crippen molar-refractivity contribution >= 4 is 26.6 Å². The molecule has 0 bridgehead atoms. The quantitative estimate of drug-likeness (QED) is 0.369. The molecule has 3 aromatic rings. The Bertz CT molecular complexity index is 1280. The van der Waals surface area contributed by atoms with Crippen molar-refractivity contribution in [2.24, 2.45) is 5.92 Å². The van der Waals surface area contributed by atoms with E-state index in [1.54, 1.807) is 66.7 Å². The van der Waals surface area contributed by atoms with E-state index >= 15 is 0 Å². The number of aromatic nitrogens is 1. The Hall–Kier alpha value is -3.09. The number of anilines is 1. The van der Waals surface area contributed by atoms with E-state index in [0.29, 0.717) is 34.3 Å². The molecule has 1 aliphatic carbocycles. The van der Waals surface area contributed by atoms with E-state index in [1.807, 2.05) is 6.07 Å². The van der Waals surface area contributed by atoms with Crippen LogP contribution in [0.4, 0.5) is 18.9 Å². The van der Waals surface area contributed by atoms with Gasteiger partial charge in [-0.1, -0.05) is 0 Å². The van der Waals surface area contributed by atoms with E-state index in [1.165, 1.54) is 4.07 Å². The third-order valence-corrected chi connectivity index (χ3v) is 7.71. The third-order valence-electron chi connectivity index (χ3n) is 6.19. The van der Waals surface area contributed by atoms with Gasteiger partial charge in [-0.05, 0) is 0 Å². The fourth-order valence-electron chi connectivity index (χ4n) is 4.22. The zero-order chi connectivity index (χ0) is 25.0. The van der Waals surface area contributed by atoms with Gasteiger partial charge in [-0.2, -0.15) is 0 Å². The molecule has 0 aliphatic heterocycles. The summed E-state index contributed by atoms with van der Waals surface area (Å²) < 4.78 is 41.3. The van der Waals surface area contributed by atoms with Crippen molar-refractivity contribution in [3.63, 3.8) is 0 Å². The molecule has 0 radical (unpaired) electrons. The van der Waals surface area contributed by atoms with Gasteiger partial charge in [0.15, 0.2) is 0 Å². The molecule has 1 aromatic heterocycles. The first-order chi connectivity index (χ1) is 16.7. The third kappa shape index (κ3) is 6.13. The average molecular weight is 655 g/mol. The zero-order valence-corrected chi connectivity index (χ0v) is 21.2. The minimum atomic E-state index is -4.52. The second kappa shape index (κ2) is 10.7. The minimum absolute atomic E-state index is 0.0555. The Morgan fingerprint density at radius 3 is 2.57 bits per heavy atom. The molecule has 1 heterocycles. The van der Waals surface area contributed by atoms with Crippen LogP contribution < -0.4 is 10.6 Å². The van der Waals surface area contributed by atoms with Crippen LogP contribution in [-0.4, -0.2) is 27.5 Å². The Kier molecular flexibility index (Phi) is 7.62. The molecule has 1 aliphatic rings. The van der Waals surface area contributed by atoms with Gasteiger partial charge in [0.2, 0.25) is 0 Å². The number of para-hydroxylation sites is 1. The molecule has 4 rings (SSSR count). The van der Waals surface area contributed by atoms with Crippen molar-refractivity contribution in [3.05, 3.63) is 71.4 Å². The van der Waals surface area contributed by atoms with Crippen molar-refractivity contribution in [2.45, 2.75) is 37.9 Å². The molecule has 9 heteroatoms. The van der Waals surface area contributed by atoms with E-state index in [9.17, 15) is 18.0 Å². The van der Waals surface area contributed by atoms with Crippen LogP contribution in [0.15, 0.2) is 54.6 Å². The molecule has 182 valence electrons. The Balaban J connectivity index is 1.41. The number of fused-ring (bicyclic) bond motifs is 1. The van der Waals surface area contributed by atoms with Crippen molar-refractivity contribution in [1.82, 2.24) is 10.3 Å². The molecule has 1 amide bonds. The first kappa shape index (κ1) is 25.0. The van der Waals surface area contributed by atoms with E-state index in [-0.39, 0.29) is 17.9 Å². The van der Waals surface area contributed by atoms with Gasteiger partial charge in [0.05, 0.1) is 0 Å². The number of benzene rings is 2. The summed E-state index contributed by atoms with van der Waals surface area (Å²) >= 11 is 1.80. The van der Waals surface area contributed by atoms with Crippen LogP contribution in [0.1, 0.15) is 47.3 Å². The van der Waals surface area contributed by atoms with Crippen LogP contribution in [-0.2, 0) is 24.3 Å². The standard InChI is InChI=1S/C26H23F3N4O.Os/c27-26(28,29)24-14-23(21-6-1-2-7-22(21)33-24)31-16-18-4-3-5-20(13-10-18)32-25(34)19-11-8-17(15-30)9-12-19;/h1-2,6-9,11-12,14,18,20H,3-4,10,13,16H2,(H,31,33)(H,32,34);/t18-,20+;/m0./s1. The van der Waals surface area contributed by atoms with Crippen molar-refractivity contribution < 1.29 is 36.1 Å². The fourth-order valence-corrected chi connectivity index (χ4v) is 5.14. The van der Waals surface area contributed by atoms with Crippen LogP contribution in [0.3, 0.4) is 0 Å². The second-order valence-electron chi connectivity index (χ2n) is 8.58. The maximum atomic E-state index is 13.4. The molecular weight excluding hydrogens is 632 g/mol. The second-order valence-corrected chi connectivity index (χ2v) is 10.2. The molecule has 35 heavy (non-hydrogen) atoms. The first-order valence-corrected chi connectivity index (χ1v) is 12.5. The summed E-state index contributed by atoms with van der Waals surface area (Å²) in [5.74, 6) is 0.0796. The van der Waals surface area contributed by atoms with Gasteiger partial charge >= 0.3 is 211 Å². The Morgan fingerprint density at radius 1 is 1.11 bits per heavy atom. The molecule has 5 nitrogen and oxygen atoms in total. The summed E-state index contributed by atoms with van der Waals surface area (Å²) in [5.41, 5.74) is 0.838. The van der Waals surface area contributed by atoms with E-state index in [4.69, 9.17) is 5.26 Å². The first-order valence-electron chi connectivity index (χ1n) is 11.3. The topological polar surface area (TPSA) is 77.8 Å². The molecule has 2 N–H and O–H groups in total. The summed E-state index contributed by atoms with van der Waals surface area (Å²) in [6, 6.07) is 16.4. The number of nitriles is 1. The number of halogens is 3. The summed E-state index contributed by atoms with van der Waals surface area (Å²) in [5, 5.41) is 15.9. The number of nitrogens with zero attached hydrogens (tertiary/aromatic N) is 2. The van der Waals surface area contributed by atoms with Gasteiger partial charge < -0.3 is 0 Å². The number of pyridine rings is 1. The van der Waals surface area contributed by atoms with E-state index in [0.717, 1.165) is 31.7 Å². The summed E-state index contributed by atoms with van der Waals surface area (Å²) in [6.07, 6.45) is -1.19. The predicted molar refractivity (Wildman–Crippen MR) is 125 cm³/mol. The summed E-state index contributed by atoms with van der Waals surface area (Å²) in [4.78, 5) is 16.5. The molecule has 2 aromatic carbocycles. The Morgan fingerprint density at radius 2 is 1.86 bits per heavy atom. The van der Waals surface area contributed by atoms with Crippen molar-refractivity contribution in [1.29, 1.82) is 5.26 Å². The van der Waals surface area contributed by atoms with Crippen LogP contribution in [0, 0.1) is 17.2 Å². The molecule has 1 fully saturated rings. The number of hydrogen-bond donors (Lipinski definition) is 2.